The molecule has 0 radical (unpaired) electrons. The fourth-order valence-corrected chi connectivity index (χ4v) is 2.33. The average Bonchev–Trinajstić information content (AvgIpc) is 2.63. The molecule has 0 aliphatic carbocycles. The molecule has 2 rings (SSSR count). The van der Waals surface area contributed by atoms with Gasteiger partial charge in [0.2, 0.25) is 0 Å². The lowest BCUT2D eigenvalue weighted by atomic mass is 10.4. The number of nitrogens with two attached hydrogens (primary N) is 1. The van der Waals surface area contributed by atoms with Gasteiger partial charge in [0.05, 0.1) is 4.91 Å². The van der Waals surface area contributed by atoms with Crippen molar-refractivity contribution in [3.63, 3.8) is 0 Å². The van der Waals surface area contributed by atoms with Crippen LogP contribution < -0.4 is 5.73 Å². The minimum absolute atomic E-state index is 0.236. The quantitative estimate of drug-likeness (QED) is 0.773. The molecule has 1 aliphatic rings. The summed E-state index contributed by atoms with van der Waals surface area (Å²) >= 11 is 2.67. The largest absolute Gasteiger partial charge is 0.383 e. The molecular formula is C8H6N2OS2. The molecule has 0 unspecified atom stereocenters. The lowest BCUT2D eigenvalue weighted by Crippen LogP contribution is -2.08. The topological polar surface area (TPSA) is 55.4 Å². The van der Waals surface area contributed by atoms with E-state index in [2.05, 4.69) is 4.99 Å². The highest BCUT2D eigenvalue weighted by Gasteiger charge is 2.18. The van der Waals surface area contributed by atoms with Gasteiger partial charge in [0.15, 0.2) is 0 Å². The Morgan fingerprint density at radius 3 is 2.92 bits per heavy atom. The Labute approximate surface area is 83.4 Å². The highest BCUT2D eigenvalue weighted by Crippen LogP contribution is 2.28. The van der Waals surface area contributed by atoms with Gasteiger partial charge in [0.1, 0.15) is 5.84 Å². The van der Waals surface area contributed by atoms with Gasteiger partial charge in [-0.05, 0) is 29.3 Å². The van der Waals surface area contributed by atoms with Gasteiger partial charge in [-0.1, -0.05) is 6.07 Å². The van der Waals surface area contributed by atoms with Gasteiger partial charge in [0, 0.05) is 4.88 Å². The van der Waals surface area contributed by atoms with E-state index in [0.29, 0.717) is 5.84 Å². The summed E-state index contributed by atoms with van der Waals surface area (Å²) in [6.07, 6.45) is 1.87. The van der Waals surface area contributed by atoms with Crippen molar-refractivity contribution in [2.45, 2.75) is 0 Å². The summed E-state index contributed by atoms with van der Waals surface area (Å²) in [4.78, 5) is 16.3. The molecule has 3 nitrogen and oxygen atoms in total. The lowest BCUT2D eigenvalue weighted by molar-refractivity contribution is 0.268. The van der Waals surface area contributed by atoms with Crippen molar-refractivity contribution in [3.05, 3.63) is 27.3 Å². The third kappa shape index (κ3) is 1.81. The Morgan fingerprint density at radius 2 is 2.38 bits per heavy atom. The highest BCUT2D eigenvalue weighted by atomic mass is 32.2. The molecule has 66 valence electrons. The van der Waals surface area contributed by atoms with Crippen LogP contribution >= 0.6 is 23.1 Å². The molecule has 1 aromatic heterocycles. The van der Waals surface area contributed by atoms with Crippen molar-refractivity contribution in [3.8, 4) is 0 Å². The molecule has 0 saturated carbocycles. The van der Waals surface area contributed by atoms with Crippen molar-refractivity contribution < 1.29 is 4.79 Å². The monoisotopic (exact) mass is 210 g/mol. The Balaban J connectivity index is 2.29. The number of amides is 1. The first kappa shape index (κ1) is 8.52. The lowest BCUT2D eigenvalue weighted by Gasteiger charge is -1.91. The molecule has 0 bridgehead atoms. The molecule has 0 spiro atoms. The number of carbonyl (C=O) groups is 1. The third-order valence-corrected chi connectivity index (χ3v) is 3.11. The number of nitrogens with zero attached hydrogens (tertiary/aromatic N) is 1. The van der Waals surface area contributed by atoms with E-state index in [9.17, 15) is 4.79 Å². The summed E-state index contributed by atoms with van der Waals surface area (Å²) in [5.41, 5.74) is 5.53. The number of rotatable bonds is 1. The smallest absolute Gasteiger partial charge is 0.311 e. The van der Waals surface area contributed by atoms with Crippen LogP contribution in [-0.2, 0) is 0 Å². The van der Waals surface area contributed by atoms with E-state index in [-0.39, 0.29) is 5.24 Å². The fourth-order valence-electron chi connectivity index (χ4n) is 0.929. The second-order valence-electron chi connectivity index (χ2n) is 2.39. The van der Waals surface area contributed by atoms with Crippen LogP contribution in [-0.4, -0.2) is 11.1 Å². The summed E-state index contributed by atoms with van der Waals surface area (Å²) in [6, 6.07) is 3.92. The number of carbonyl (C=O) groups excluding carboxylic acids is 1. The van der Waals surface area contributed by atoms with Crippen LogP contribution in [0.15, 0.2) is 27.4 Å². The van der Waals surface area contributed by atoms with Gasteiger partial charge < -0.3 is 5.73 Å². The van der Waals surface area contributed by atoms with Crippen LogP contribution in [0.3, 0.4) is 0 Å². The Bertz CT molecular complexity index is 392. The maximum absolute atomic E-state index is 10.9. The second-order valence-corrected chi connectivity index (χ2v) is 4.36. The average molecular weight is 210 g/mol. The number of thiophene rings is 1. The van der Waals surface area contributed by atoms with Crippen molar-refractivity contribution in [1.29, 1.82) is 0 Å². The van der Waals surface area contributed by atoms with Gasteiger partial charge in [-0.15, -0.1) is 11.3 Å². The van der Waals surface area contributed by atoms with E-state index in [1.807, 2.05) is 23.6 Å². The van der Waals surface area contributed by atoms with E-state index in [1.54, 1.807) is 11.3 Å². The van der Waals surface area contributed by atoms with Crippen LogP contribution in [0.2, 0.25) is 0 Å². The van der Waals surface area contributed by atoms with Crippen molar-refractivity contribution in [2.24, 2.45) is 10.7 Å². The molecular weight excluding hydrogens is 204 g/mol. The van der Waals surface area contributed by atoms with E-state index in [0.717, 1.165) is 21.5 Å². The Hall–Kier alpha value is -1.07. The zero-order chi connectivity index (χ0) is 9.26. The molecule has 2 heterocycles. The van der Waals surface area contributed by atoms with Gasteiger partial charge in [-0.2, -0.15) is 4.99 Å². The zero-order valence-electron chi connectivity index (χ0n) is 6.56. The molecule has 0 atom stereocenters. The van der Waals surface area contributed by atoms with Gasteiger partial charge in [0.25, 0.3) is 0 Å². The van der Waals surface area contributed by atoms with Crippen molar-refractivity contribution >= 4 is 40.2 Å². The maximum Gasteiger partial charge on any atom is 0.311 e. The molecule has 0 saturated heterocycles. The summed E-state index contributed by atoms with van der Waals surface area (Å²) in [5.74, 6) is 0.323. The number of thioether (sulfide) groups is 1. The van der Waals surface area contributed by atoms with E-state index >= 15 is 0 Å². The molecule has 1 aromatic rings. The fraction of sp³-hybridized carbons (Fsp3) is 0. The third-order valence-electron chi connectivity index (χ3n) is 1.48. The van der Waals surface area contributed by atoms with Crippen LogP contribution in [0.25, 0.3) is 6.08 Å². The molecule has 1 amide bonds. The van der Waals surface area contributed by atoms with Crippen molar-refractivity contribution in [1.82, 2.24) is 0 Å². The summed E-state index contributed by atoms with van der Waals surface area (Å²) < 4.78 is 0. The molecule has 5 heteroatoms. The molecule has 0 fully saturated rings. The van der Waals surface area contributed by atoms with E-state index < -0.39 is 0 Å². The first-order valence-corrected chi connectivity index (χ1v) is 5.27. The second kappa shape index (κ2) is 3.35. The maximum atomic E-state index is 10.9. The predicted octanol–water partition coefficient (Wildman–Crippen LogP) is 2.31. The summed E-state index contributed by atoms with van der Waals surface area (Å²) in [7, 11) is 0. The van der Waals surface area contributed by atoms with E-state index in [1.165, 1.54) is 0 Å². The number of hydrogen-bond donors (Lipinski definition) is 1. The van der Waals surface area contributed by atoms with Gasteiger partial charge >= 0.3 is 5.24 Å². The van der Waals surface area contributed by atoms with Crippen molar-refractivity contribution in [2.75, 3.05) is 0 Å². The van der Waals surface area contributed by atoms with E-state index in [4.69, 9.17) is 5.73 Å². The first-order chi connectivity index (χ1) is 6.25. The SMILES string of the molecule is NC1=NC(=O)S/C1=C/c1cccs1. The molecule has 2 N–H and O–H groups in total. The number of amidine groups is 1. The molecule has 1 aliphatic heterocycles. The van der Waals surface area contributed by atoms with Gasteiger partial charge in [-0.3, -0.25) is 4.79 Å². The van der Waals surface area contributed by atoms with Crippen LogP contribution in [0.5, 0.6) is 0 Å². The number of aliphatic imine (C=N–C) groups is 1. The normalized spacial score (nSPS) is 19.5. The minimum Gasteiger partial charge on any atom is -0.383 e. The minimum atomic E-state index is -0.236. The Morgan fingerprint density at radius 1 is 1.54 bits per heavy atom. The summed E-state index contributed by atoms with van der Waals surface area (Å²) in [5, 5.41) is 1.74. The Kier molecular flexibility index (Phi) is 2.20. The zero-order valence-corrected chi connectivity index (χ0v) is 8.19. The first-order valence-electron chi connectivity index (χ1n) is 3.57. The summed E-state index contributed by atoms with van der Waals surface area (Å²) in [6.45, 7) is 0. The highest BCUT2D eigenvalue weighted by molar-refractivity contribution is 8.18. The molecule has 0 aromatic carbocycles. The molecule has 13 heavy (non-hydrogen) atoms. The van der Waals surface area contributed by atoms with Crippen LogP contribution in [0.1, 0.15) is 4.88 Å². The van der Waals surface area contributed by atoms with Crippen LogP contribution in [0, 0.1) is 0 Å². The predicted molar refractivity (Wildman–Crippen MR) is 56.9 cm³/mol. The van der Waals surface area contributed by atoms with Gasteiger partial charge in [-0.25, -0.2) is 0 Å². The number of hydrogen-bond acceptors (Lipinski definition) is 4. The van der Waals surface area contributed by atoms with Crippen LogP contribution in [0.4, 0.5) is 4.79 Å². The standard InChI is InChI=1S/C8H6N2OS2/c9-7-6(13-8(11)10-7)4-5-2-1-3-12-5/h1-4H,(H2,9,10,11)/b6-4+.